The van der Waals surface area contributed by atoms with Gasteiger partial charge in [0.2, 0.25) is 0 Å². The van der Waals surface area contributed by atoms with Gasteiger partial charge in [-0.2, -0.15) is 0 Å². The highest BCUT2D eigenvalue weighted by Crippen LogP contribution is 2.21. The molecule has 0 saturated carbocycles. The largest absolute Gasteiger partial charge is 0.496 e. The number of nitro benzene ring substituents is 1. The van der Waals surface area contributed by atoms with E-state index in [4.69, 9.17) is 9.57 Å². The number of ether oxygens (including phenoxy) is 1. The van der Waals surface area contributed by atoms with Crippen LogP contribution < -0.4 is 4.74 Å². The fraction of sp³-hybridized carbons (Fsp3) is 0.176. The van der Waals surface area contributed by atoms with Crippen LogP contribution in [0.4, 0.5) is 5.69 Å². The van der Waals surface area contributed by atoms with Crippen molar-refractivity contribution in [1.29, 1.82) is 0 Å². The minimum atomic E-state index is -0.485. The van der Waals surface area contributed by atoms with Gasteiger partial charge in [-0.05, 0) is 31.2 Å². The molecule has 0 fully saturated rings. The molecule has 0 N–H and O–H groups in total. The number of para-hydroxylation sites is 1. The number of rotatable bonds is 7. The first-order valence-corrected chi connectivity index (χ1v) is 7.09. The number of benzene rings is 2. The van der Waals surface area contributed by atoms with E-state index in [1.54, 1.807) is 36.4 Å². The zero-order valence-electron chi connectivity index (χ0n) is 13.3. The quantitative estimate of drug-likeness (QED) is 0.336. The molecule has 0 heterocycles. The Kier molecular flexibility index (Phi) is 5.62. The Morgan fingerprint density at radius 1 is 1.29 bits per heavy atom. The molecule has 0 radical (unpaired) electrons. The molecule has 0 atom stereocenters. The van der Waals surface area contributed by atoms with E-state index in [1.807, 2.05) is 0 Å². The van der Waals surface area contributed by atoms with Crippen LogP contribution in [0, 0.1) is 10.1 Å². The summed E-state index contributed by atoms with van der Waals surface area (Å²) in [6.07, 6.45) is 1.28. The van der Waals surface area contributed by atoms with Gasteiger partial charge in [0.05, 0.1) is 23.8 Å². The molecule has 7 nitrogen and oxygen atoms in total. The Morgan fingerprint density at radius 2 is 2.04 bits per heavy atom. The van der Waals surface area contributed by atoms with Gasteiger partial charge in [0.1, 0.15) is 12.4 Å². The van der Waals surface area contributed by atoms with E-state index in [-0.39, 0.29) is 18.1 Å². The number of nitro groups is 1. The summed E-state index contributed by atoms with van der Waals surface area (Å²) >= 11 is 0. The fourth-order valence-electron chi connectivity index (χ4n) is 2.07. The smallest absolute Gasteiger partial charge is 0.278 e. The summed E-state index contributed by atoms with van der Waals surface area (Å²) in [6, 6.07) is 11.2. The SMILES string of the molecule is COc1ccc(C(C)=O)cc1CO/N=C/c1ccccc1[N+](=O)[O-]. The van der Waals surface area contributed by atoms with Gasteiger partial charge in [-0.25, -0.2) is 0 Å². The van der Waals surface area contributed by atoms with Gasteiger partial charge in [0, 0.05) is 17.2 Å². The maximum Gasteiger partial charge on any atom is 0.278 e. The zero-order chi connectivity index (χ0) is 17.5. The number of nitrogens with zero attached hydrogens (tertiary/aromatic N) is 2. The molecular formula is C17H16N2O5. The standard InChI is InChI=1S/C17H16N2O5/c1-12(20)13-7-8-17(23-2)15(9-13)11-24-18-10-14-5-3-4-6-16(14)19(21)22/h3-10H,11H2,1-2H3/b18-10+. The Balaban J connectivity index is 2.10. The monoisotopic (exact) mass is 328 g/mol. The molecular weight excluding hydrogens is 312 g/mol. The van der Waals surface area contributed by atoms with E-state index < -0.39 is 4.92 Å². The van der Waals surface area contributed by atoms with Crippen LogP contribution in [0.2, 0.25) is 0 Å². The van der Waals surface area contributed by atoms with Crippen molar-refractivity contribution >= 4 is 17.7 Å². The van der Waals surface area contributed by atoms with Crippen LogP contribution in [0.5, 0.6) is 5.75 Å². The number of Topliss-reactive ketones (excluding diaryl/α,β-unsaturated/α-hetero) is 1. The van der Waals surface area contributed by atoms with Gasteiger partial charge in [-0.3, -0.25) is 14.9 Å². The number of ketones is 1. The van der Waals surface area contributed by atoms with Crippen LogP contribution in [0.15, 0.2) is 47.6 Å². The maximum atomic E-state index is 11.4. The molecule has 2 rings (SSSR count). The van der Waals surface area contributed by atoms with Crippen molar-refractivity contribution in [2.75, 3.05) is 7.11 Å². The van der Waals surface area contributed by atoms with Crippen molar-refractivity contribution in [3.05, 3.63) is 69.3 Å². The van der Waals surface area contributed by atoms with Crippen LogP contribution in [0.3, 0.4) is 0 Å². The second kappa shape index (κ2) is 7.87. The molecule has 0 aliphatic rings. The molecule has 0 bridgehead atoms. The molecule has 0 spiro atoms. The highest BCUT2D eigenvalue weighted by molar-refractivity contribution is 5.94. The lowest BCUT2D eigenvalue weighted by atomic mass is 10.1. The summed E-state index contributed by atoms with van der Waals surface area (Å²) in [5.41, 5.74) is 1.48. The van der Waals surface area contributed by atoms with Crippen LogP contribution in [0.25, 0.3) is 0 Å². The third-order valence-electron chi connectivity index (χ3n) is 3.31. The average molecular weight is 328 g/mol. The van der Waals surface area contributed by atoms with Crippen LogP contribution in [-0.4, -0.2) is 24.0 Å². The van der Waals surface area contributed by atoms with Crippen LogP contribution >= 0.6 is 0 Å². The zero-order valence-corrected chi connectivity index (χ0v) is 13.3. The minimum Gasteiger partial charge on any atom is -0.496 e. The summed E-state index contributed by atoms with van der Waals surface area (Å²) in [7, 11) is 1.52. The number of carbonyl (C=O) groups is 1. The molecule has 0 aliphatic carbocycles. The maximum absolute atomic E-state index is 11.4. The molecule has 7 heteroatoms. The molecule has 124 valence electrons. The second-order valence-corrected chi connectivity index (χ2v) is 4.91. The topological polar surface area (TPSA) is 91.0 Å². The normalized spacial score (nSPS) is 10.6. The first-order chi connectivity index (χ1) is 11.5. The van der Waals surface area contributed by atoms with Crippen molar-refractivity contribution < 1.29 is 19.3 Å². The highest BCUT2D eigenvalue weighted by atomic mass is 16.6. The van der Waals surface area contributed by atoms with Gasteiger partial charge < -0.3 is 9.57 Å². The molecule has 0 unspecified atom stereocenters. The van der Waals surface area contributed by atoms with Gasteiger partial charge in [0.15, 0.2) is 5.78 Å². The number of methoxy groups -OCH3 is 1. The second-order valence-electron chi connectivity index (χ2n) is 4.91. The summed E-state index contributed by atoms with van der Waals surface area (Å²) in [6.45, 7) is 1.54. The highest BCUT2D eigenvalue weighted by Gasteiger charge is 2.10. The van der Waals surface area contributed by atoms with E-state index in [9.17, 15) is 14.9 Å². The van der Waals surface area contributed by atoms with Gasteiger partial charge in [-0.1, -0.05) is 17.3 Å². The number of oxime groups is 1. The fourth-order valence-corrected chi connectivity index (χ4v) is 2.07. The molecule has 2 aromatic carbocycles. The van der Waals surface area contributed by atoms with Crippen molar-refractivity contribution in [3.8, 4) is 5.75 Å². The molecule has 0 aromatic heterocycles. The lowest BCUT2D eigenvalue weighted by Crippen LogP contribution is -1.99. The number of hydrogen-bond acceptors (Lipinski definition) is 6. The molecule has 2 aromatic rings. The van der Waals surface area contributed by atoms with Crippen LogP contribution in [0.1, 0.15) is 28.4 Å². The van der Waals surface area contributed by atoms with Gasteiger partial charge in [-0.15, -0.1) is 0 Å². The number of hydrogen-bond donors (Lipinski definition) is 0. The van der Waals surface area contributed by atoms with Gasteiger partial charge >= 0.3 is 0 Å². The Bertz CT molecular complexity index is 786. The van der Waals surface area contributed by atoms with Crippen LogP contribution in [-0.2, 0) is 11.4 Å². The van der Waals surface area contributed by atoms with E-state index in [0.29, 0.717) is 22.4 Å². The van der Waals surface area contributed by atoms with Crippen molar-refractivity contribution in [1.82, 2.24) is 0 Å². The van der Waals surface area contributed by atoms with Gasteiger partial charge in [0.25, 0.3) is 5.69 Å². The Morgan fingerprint density at radius 3 is 2.71 bits per heavy atom. The van der Waals surface area contributed by atoms with E-state index in [0.717, 1.165) is 0 Å². The lowest BCUT2D eigenvalue weighted by molar-refractivity contribution is -0.385. The molecule has 24 heavy (non-hydrogen) atoms. The summed E-state index contributed by atoms with van der Waals surface area (Å²) in [5.74, 6) is 0.503. The van der Waals surface area contributed by atoms with E-state index in [2.05, 4.69) is 5.16 Å². The Hall–Kier alpha value is -3.22. The molecule has 0 aliphatic heterocycles. The van der Waals surface area contributed by atoms with Crippen molar-refractivity contribution in [3.63, 3.8) is 0 Å². The molecule has 0 saturated heterocycles. The predicted octanol–water partition coefficient (Wildman–Crippen LogP) is 3.36. The van der Waals surface area contributed by atoms with E-state index >= 15 is 0 Å². The van der Waals surface area contributed by atoms with E-state index in [1.165, 1.54) is 26.3 Å². The van der Waals surface area contributed by atoms with Crippen molar-refractivity contribution in [2.24, 2.45) is 5.16 Å². The third kappa shape index (κ3) is 4.16. The number of carbonyl (C=O) groups excluding carboxylic acids is 1. The first kappa shape index (κ1) is 17.1. The summed E-state index contributed by atoms with van der Waals surface area (Å²) < 4.78 is 5.21. The average Bonchev–Trinajstić information content (AvgIpc) is 2.58. The molecule has 0 amide bonds. The summed E-state index contributed by atoms with van der Waals surface area (Å²) in [4.78, 5) is 27.1. The first-order valence-electron chi connectivity index (χ1n) is 7.09. The van der Waals surface area contributed by atoms with Crippen molar-refractivity contribution in [2.45, 2.75) is 13.5 Å². The Labute approximate surface area is 138 Å². The predicted molar refractivity (Wildman–Crippen MR) is 88.5 cm³/mol. The minimum absolute atomic E-state index is 0.0546. The lowest BCUT2D eigenvalue weighted by Gasteiger charge is -2.08. The summed E-state index contributed by atoms with van der Waals surface area (Å²) in [5, 5.41) is 14.7. The third-order valence-corrected chi connectivity index (χ3v) is 3.31.